The molecule has 0 saturated carbocycles. The molecule has 0 aliphatic carbocycles. The molecule has 1 amide bonds. The van der Waals surface area contributed by atoms with Gasteiger partial charge in [0.25, 0.3) is 0 Å². The van der Waals surface area contributed by atoms with E-state index in [9.17, 15) is 4.79 Å². The number of primary amides is 1. The maximum atomic E-state index is 11.4. The quantitative estimate of drug-likeness (QED) is 0.557. The van der Waals surface area contributed by atoms with Crippen molar-refractivity contribution in [2.24, 2.45) is 12.8 Å². The van der Waals surface area contributed by atoms with Crippen molar-refractivity contribution in [3.63, 3.8) is 0 Å². The van der Waals surface area contributed by atoms with Crippen LogP contribution in [0.1, 0.15) is 10.4 Å². The van der Waals surface area contributed by atoms with Gasteiger partial charge in [0, 0.05) is 18.0 Å². The Morgan fingerprint density at radius 3 is 2.85 bits per heavy atom. The van der Waals surface area contributed by atoms with Crippen LogP contribution in [-0.2, 0) is 7.05 Å². The highest BCUT2D eigenvalue weighted by Crippen LogP contribution is 2.35. The van der Waals surface area contributed by atoms with Gasteiger partial charge in [-0.2, -0.15) is 5.10 Å². The number of ether oxygens (including phenoxy) is 1. The number of hydrogen-bond donors (Lipinski definition) is 2. The Morgan fingerprint density at radius 2 is 2.12 bits per heavy atom. The van der Waals surface area contributed by atoms with Crippen LogP contribution >= 0.6 is 23.7 Å². The highest BCUT2D eigenvalue weighted by Gasteiger charge is 2.13. The van der Waals surface area contributed by atoms with Crippen LogP contribution in [0, 0.1) is 0 Å². The monoisotopic (exact) mass is 389 g/mol. The van der Waals surface area contributed by atoms with Crippen LogP contribution in [0.5, 0.6) is 5.75 Å². The van der Waals surface area contributed by atoms with Crippen LogP contribution in [-0.4, -0.2) is 27.8 Å². The number of rotatable bonds is 4. The van der Waals surface area contributed by atoms with E-state index in [-0.39, 0.29) is 12.4 Å². The first-order valence-corrected chi connectivity index (χ1v) is 8.34. The maximum absolute atomic E-state index is 11.4. The van der Waals surface area contributed by atoms with Crippen LogP contribution in [0.4, 0.5) is 10.8 Å². The number of amides is 1. The minimum atomic E-state index is -0.493. The Hall–Kier alpha value is -2.84. The summed E-state index contributed by atoms with van der Waals surface area (Å²) in [5, 5.41) is 9.22. The predicted molar refractivity (Wildman–Crippen MR) is 106 cm³/mol. The van der Waals surface area contributed by atoms with Gasteiger partial charge < -0.3 is 15.8 Å². The van der Waals surface area contributed by atoms with E-state index < -0.39 is 5.91 Å². The molecule has 4 rings (SSSR count). The number of nitrogens with one attached hydrogen (secondary N) is 1. The number of carbonyl (C=O) groups is 1. The molecule has 0 unspecified atom stereocenters. The van der Waals surface area contributed by atoms with Crippen molar-refractivity contribution >= 4 is 61.6 Å². The number of carbonyl (C=O) groups excluding carboxylic acids is 1. The molecule has 2 heterocycles. The molecule has 7 nitrogen and oxygen atoms in total. The standard InChI is InChI=1S/C17H15N5O2S.ClH/c1-22-12-4-6-14-15(10(12)8-19-22)21-17(25-14)20-11-7-9(16(18)23)3-5-13(11)24-2;/h3-8H,1-2H3,(H2,18,23)(H,20,21);1H. The molecule has 0 atom stereocenters. The van der Waals surface area contributed by atoms with Gasteiger partial charge in [0.05, 0.1) is 34.7 Å². The van der Waals surface area contributed by atoms with Crippen LogP contribution in [0.2, 0.25) is 0 Å². The lowest BCUT2D eigenvalue weighted by Crippen LogP contribution is -2.11. The van der Waals surface area contributed by atoms with Crippen molar-refractivity contribution < 1.29 is 9.53 Å². The van der Waals surface area contributed by atoms with E-state index in [1.165, 1.54) is 11.3 Å². The maximum Gasteiger partial charge on any atom is 0.248 e. The molecule has 0 fully saturated rings. The van der Waals surface area contributed by atoms with Crippen molar-refractivity contribution in [3.05, 3.63) is 42.1 Å². The number of thiazole rings is 1. The van der Waals surface area contributed by atoms with Gasteiger partial charge in [-0.1, -0.05) is 11.3 Å². The number of halogens is 1. The van der Waals surface area contributed by atoms with Gasteiger partial charge in [0.15, 0.2) is 5.13 Å². The van der Waals surface area contributed by atoms with Crippen molar-refractivity contribution in [3.8, 4) is 5.75 Å². The van der Waals surface area contributed by atoms with E-state index in [2.05, 4.69) is 15.4 Å². The molecule has 0 spiro atoms. The van der Waals surface area contributed by atoms with Gasteiger partial charge in [-0.25, -0.2) is 4.98 Å². The van der Waals surface area contributed by atoms with E-state index >= 15 is 0 Å². The van der Waals surface area contributed by atoms with Crippen LogP contribution in [0.15, 0.2) is 36.5 Å². The number of nitrogens with two attached hydrogens (primary N) is 1. The first kappa shape index (κ1) is 18.0. The Morgan fingerprint density at radius 1 is 1.31 bits per heavy atom. The molecule has 26 heavy (non-hydrogen) atoms. The van der Waals surface area contributed by atoms with Crippen LogP contribution in [0.3, 0.4) is 0 Å². The molecule has 0 aliphatic rings. The number of nitrogens with zero attached hydrogens (tertiary/aromatic N) is 3. The zero-order valence-electron chi connectivity index (χ0n) is 14.0. The van der Waals surface area contributed by atoms with Gasteiger partial charge in [-0.15, -0.1) is 12.4 Å². The molecule has 134 valence electrons. The summed E-state index contributed by atoms with van der Waals surface area (Å²) in [7, 11) is 3.47. The smallest absolute Gasteiger partial charge is 0.248 e. The van der Waals surface area contributed by atoms with Gasteiger partial charge in [0.1, 0.15) is 5.75 Å². The second-order valence-electron chi connectivity index (χ2n) is 5.54. The number of fused-ring (bicyclic) bond motifs is 3. The Kier molecular flexibility index (Phi) is 4.71. The number of aromatic nitrogens is 3. The molecular weight excluding hydrogens is 374 g/mol. The largest absolute Gasteiger partial charge is 0.495 e. The summed E-state index contributed by atoms with van der Waals surface area (Å²) >= 11 is 1.52. The first-order valence-electron chi connectivity index (χ1n) is 7.53. The average Bonchev–Trinajstić information content (AvgIpc) is 3.17. The molecule has 0 saturated heterocycles. The van der Waals surface area contributed by atoms with E-state index in [1.807, 2.05) is 30.1 Å². The lowest BCUT2D eigenvalue weighted by Gasteiger charge is -2.10. The highest BCUT2D eigenvalue weighted by molar-refractivity contribution is 7.22. The number of benzene rings is 2. The van der Waals surface area contributed by atoms with E-state index in [1.54, 1.807) is 25.3 Å². The third-order valence-electron chi connectivity index (χ3n) is 4.01. The zero-order chi connectivity index (χ0) is 17.6. The third kappa shape index (κ3) is 2.93. The van der Waals surface area contributed by atoms with Crippen molar-refractivity contribution in [1.29, 1.82) is 0 Å². The minimum absolute atomic E-state index is 0. The van der Waals surface area contributed by atoms with Crippen LogP contribution < -0.4 is 15.8 Å². The number of anilines is 2. The van der Waals surface area contributed by atoms with E-state index in [0.717, 1.165) is 21.1 Å². The summed E-state index contributed by atoms with van der Waals surface area (Å²) in [6.45, 7) is 0. The molecule has 0 aliphatic heterocycles. The average molecular weight is 390 g/mol. The lowest BCUT2D eigenvalue weighted by molar-refractivity contribution is 0.100. The Bertz CT molecular complexity index is 1120. The fourth-order valence-electron chi connectivity index (χ4n) is 2.75. The molecule has 2 aromatic heterocycles. The number of methoxy groups -OCH3 is 1. The summed E-state index contributed by atoms with van der Waals surface area (Å²) in [5.74, 6) is 0.114. The second kappa shape index (κ2) is 6.81. The zero-order valence-corrected chi connectivity index (χ0v) is 15.6. The van der Waals surface area contributed by atoms with Gasteiger partial charge in [-0.05, 0) is 30.3 Å². The van der Waals surface area contributed by atoms with Crippen molar-refractivity contribution in [2.45, 2.75) is 0 Å². The lowest BCUT2D eigenvalue weighted by atomic mass is 10.2. The molecule has 0 bridgehead atoms. The van der Waals surface area contributed by atoms with Gasteiger partial charge in [0.2, 0.25) is 5.91 Å². The second-order valence-corrected chi connectivity index (χ2v) is 6.57. The Balaban J connectivity index is 0.00000196. The molecule has 9 heteroatoms. The fraction of sp³-hybridized carbons (Fsp3) is 0.118. The summed E-state index contributed by atoms with van der Waals surface area (Å²) < 4.78 is 8.22. The number of hydrogen-bond acceptors (Lipinski definition) is 6. The van der Waals surface area contributed by atoms with Gasteiger partial charge in [-0.3, -0.25) is 9.48 Å². The summed E-state index contributed by atoms with van der Waals surface area (Å²) in [4.78, 5) is 16.1. The summed E-state index contributed by atoms with van der Waals surface area (Å²) in [6.07, 6.45) is 1.81. The highest BCUT2D eigenvalue weighted by atomic mass is 35.5. The predicted octanol–water partition coefficient (Wildman–Crippen LogP) is 3.46. The normalized spacial score (nSPS) is 10.7. The topological polar surface area (TPSA) is 95.1 Å². The molecule has 3 N–H and O–H groups in total. The SMILES string of the molecule is COc1ccc(C(N)=O)cc1Nc1nc2c(ccc3c2cnn3C)s1.Cl. The fourth-order valence-corrected chi connectivity index (χ4v) is 3.64. The molecular formula is C17H16ClN5O2S. The van der Waals surface area contributed by atoms with E-state index in [0.29, 0.717) is 22.1 Å². The summed E-state index contributed by atoms with van der Waals surface area (Å²) in [6, 6.07) is 9.05. The molecule has 2 aromatic carbocycles. The van der Waals surface area contributed by atoms with Gasteiger partial charge >= 0.3 is 0 Å². The third-order valence-corrected chi connectivity index (χ3v) is 4.95. The van der Waals surface area contributed by atoms with Crippen molar-refractivity contribution in [1.82, 2.24) is 14.8 Å². The van der Waals surface area contributed by atoms with Crippen LogP contribution in [0.25, 0.3) is 21.1 Å². The van der Waals surface area contributed by atoms with E-state index in [4.69, 9.17) is 10.5 Å². The number of aryl methyl sites for hydroxylation is 1. The minimum Gasteiger partial charge on any atom is -0.495 e. The Labute approximate surface area is 159 Å². The molecule has 0 radical (unpaired) electrons. The summed E-state index contributed by atoms with van der Waals surface area (Å²) in [5.41, 5.74) is 8.32. The first-order chi connectivity index (χ1) is 12.1. The molecule has 4 aromatic rings. The van der Waals surface area contributed by atoms with Crippen molar-refractivity contribution in [2.75, 3.05) is 12.4 Å².